The Bertz CT molecular complexity index is 1420. The van der Waals surface area contributed by atoms with Crippen LogP contribution >= 0.6 is 11.3 Å². The number of aliphatic hydroxyl groups is 2. The fourth-order valence-electron chi connectivity index (χ4n) is 8.43. The van der Waals surface area contributed by atoms with E-state index < -0.39 is 35.1 Å². The quantitative estimate of drug-likeness (QED) is 0.224. The summed E-state index contributed by atoms with van der Waals surface area (Å²) in [5, 5.41) is 30.2. The summed E-state index contributed by atoms with van der Waals surface area (Å²) in [6.45, 7) is 24.3. The first-order valence-electron chi connectivity index (χ1n) is 18.0. The number of carbonyl (C=O) groups is 2. The van der Waals surface area contributed by atoms with Crippen molar-refractivity contribution in [1.82, 2.24) is 10.3 Å². The highest BCUT2D eigenvalue weighted by atomic mass is 32.1. The third-order valence-corrected chi connectivity index (χ3v) is 13.0. The Labute approximate surface area is 736 Å². The lowest BCUT2D eigenvalue weighted by Gasteiger charge is -2.45. The van der Waals surface area contributed by atoms with Gasteiger partial charge in [0.2, 0.25) is 5.91 Å². The Morgan fingerprint density at radius 2 is 1.76 bits per heavy atom. The molecule has 0 radical (unpaired) electrons. The number of amides is 1. The van der Waals surface area contributed by atoms with Gasteiger partial charge in [-0.3, -0.25) is 9.59 Å². The standard InChI is InChI=1S/C38H64N2O5S.305H2/c1-13-27(19-28-21-46-35(39-28)23(6)7)30-20-36(12)37(14-2,45-36)18-16-17-29(22(4)5)31(41)25(10)32(42)38(15-3,24(8)9)33(43)26(11)34(44)40-30;;;;;;;;;;;;;;;;;;;;;;;;;;;;;;;;;;;;;;;;;;;;;;;;;;;;;;;;;;;;;;;;;;;;;;;;;;;;;;;;;;;;;;;;;;;;;;;;;;;;;;;;;;;;;;;;;;;;;;;;;;;;;;;;;;;;;;;;;;;;;;;;;;;;;;;;;;;;;;;;;;;;;;;;;;;;;;;;;;;;;;;;;;;;;;;;;;;;;;;;;;;;;;;;;;;;;;;;;;;;;;;;;;;;;;;;;;;;;;;;;;;;;;;;;;;;;;;;;;;;;;;;;;;;;;;;;;;;;;;;;;;;;;;;;;;;;;;;;;;;;;;;;/h19,21-26,29-31,33,41,43H,13-18,20H2,1-12H3,(H,40,44);305*1H/b27-19+;;;;;;;;;;;;;;;;;;;;;;;;;;;;;;;;;;;;;;;;;;;;;;;;;;;;;;;;;;;;;;;;;;;;;;;;;;;;;;;;;;;;;;;;;;;;;;;;;;;;;;;;;;;;;;;;;;;;;;;;;;;;;;;;;;;;;;;;;;;;;;;;;;;;;;;;;;;;;;;;;;;;;;;;;;;;;;;;;;;;;;;;;;;;;;;;;;;;;;;;;;;;;;;;;;;;;;;;;;;;;;;;;;;;;;;;;;;;;;;;;;;;;;;;;;;;;;;;;;;;;;;;;;;;;;;;;;;;;;;;;;;;;;;;;;;;;;;;;;;;;;;;;/t25-,26?,29-,30+,31-,33+,36+,37-,38?;;;;;;;;;;;;;;;;;;;;;;;;;;;;;;;;;;;;;;;;;;;;;;;;;;;;;;;;;;;;;;;;;;;;;;;;;;;;;;;;;;;;;;;;;;;;;;;;;;;;;;;;;;;;;;;;;;;;;;;;;;;;;;;;;;;;;;;;;;;;;;;;;;;;;;;;;;;;;;;;;;;;;;;;;;;;;;;;;;;;;;;;;;;;;;;;;;;;;;;;;;;;;;;;;;;;;;;;;;;;;;;;;;;;;;;;;;;;;;;;;;;;;;;;;;;;;;;;;;;;;;;;;;;;;;;;;;;;;;;;;;;;;;;;;;;;;;;;;;;;;;;;;/m1................................................................................................................................................................................................................................................................................................................./s1. The first kappa shape index (κ1) is 38.8. The topological polar surface area (TPSA) is 112 Å². The van der Waals surface area contributed by atoms with Gasteiger partial charge in [-0.15, -0.1) is 11.3 Å². The van der Waals surface area contributed by atoms with Crippen molar-refractivity contribution in [2.75, 3.05) is 0 Å². The number of ketones is 1. The van der Waals surface area contributed by atoms with Gasteiger partial charge < -0.3 is 20.3 Å². The highest BCUT2D eigenvalue weighted by Crippen LogP contribution is 2.57. The molecule has 0 aliphatic carbocycles. The number of thiazole rings is 1. The summed E-state index contributed by atoms with van der Waals surface area (Å²) < 4.78 is 6.65. The van der Waals surface area contributed by atoms with Crippen molar-refractivity contribution < 1.29 is 460 Å². The van der Waals surface area contributed by atoms with Crippen LogP contribution in [-0.2, 0) is 14.3 Å². The van der Waals surface area contributed by atoms with E-state index in [0.717, 1.165) is 48.4 Å². The molecule has 9 atom stereocenters. The van der Waals surface area contributed by atoms with Crippen LogP contribution in [0.2, 0.25) is 0 Å². The molecule has 2 fully saturated rings. The minimum atomic E-state index is -1.21. The van der Waals surface area contributed by atoms with Gasteiger partial charge in [0.25, 0.3) is 0 Å². The van der Waals surface area contributed by atoms with Crippen molar-refractivity contribution in [3.8, 4) is 0 Å². The molecule has 1 amide bonds. The van der Waals surface area contributed by atoms with E-state index >= 15 is 0 Å². The van der Waals surface area contributed by atoms with Crippen molar-refractivity contribution >= 4 is 29.1 Å². The second kappa shape index (κ2) is 15.3. The summed E-state index contributed by atoms with van der Waals surface area (Å²) >= 11 is 1.65. The number of nitrogens with zero attached hydrogens (tertiary/aromatic N) is 1. The van der Waals surface area contributed by atoms with Gasteiger partial charge in [0.05, 0.1) is 51.5 Å². The Hall–Kier alpha value is -1.61. The highest BCUT2D eigenvalue weighted by molar-refractivity contribution is 7.09. The zero-order valence-corrected chi connectivity index (χ0v) is 31.6. The summed E-state index contributed by atoms with van der Waals surface area (Å²) in [4.78, 5) is 33.5. The van der Waals surface area contributed by atoms with Gasteiger partial charge >= 0.3 is 0 Å². The summed E-state index contributed by atoms with van der Waals surface area (Å²) in [5.74, 6) is -1.73. The molecular formula is C38H674N2O5S. The molecule has 1 aromatic rings. The van der Waals surface area contributed by atoms with Gasteiger partial charge in [-0.05, 0) is 68.4 Å². The maximum absolute atomic E-state index is 14.5. The number of rotatable bonds is 8. The molecule has 3 N–H and O–H groups in total. The van der Waals surface area contributed by atoms with Crippen molar-refractivity contribution in [1.29, 1.82) is 0 Å². The van der Waals surface area contributed by atoms with E-state index in [0.29, 0.717) is 18.8 Å². The predicted octanol–water partition coefficient (Wildman–Crippen LogP) is 83.0. The average Bonchev–Trinajstić information content (AvgIpc) is 3.31. The first-order valence-corrected chi connectivity index (χ1v) is 18.9. The van der Waals surface area contributed by atoms with Gasteiger partial charge in [-0.1, -0.05) is 82.6 Å². The molecule has 0 saturated carbocycles. The predicted molar refractivity (Wildman–Crippen MR) is 833 cm³/mol. The zero-order valence-electron chi connectivity index (χ0n) is 30.8. The number of fused-ring (bicyclic) bond motifs is 1. The van der Waals surface area contributed by atoms with E-state index in [1.165, 1.54) is 0 Å². The SMILES string of the molecule is CC/C(=C\c1csc(C(C)C)n1)[C@@H]1C[C@]2(C)O[C@]2(CC)CCC[C@H](C(C)C)[C@H](O)[C@@H](C)C(=O)C(CC)(C(C)C)[C@@H](O)C(C)C(=O)N1.[HH].[HH].[HH].[HH].[HH].[HH].[HH].[HH].[HH].[HH].[HH].[HH].[HH].[HH].[HH].[HH].[HH].[HH].[HH].[HH].[HH].[HH].[HH].[HH].[HH].[HH].[HH].[HH].[HH].[HH].[HH].[HH].[HH].[HH].[HH].[HH].[HH].[HH].[HH].[HH].[HH].[HH].[HH].[HH].[HH].[HH].[HH].[HH].[HH].[HH].[HH].[HH].[HH].[HH].[HH].[HH].[HH].[HH].[HH].[HH].[HH].[HH].[HH].[HH].[HH].[HH].[HH].[HH].[HH].[HH].[HH].[HH].[HH].[HH].[HH].[HH].[HH].[HH].[HH].[HH].[HH].[HH].[HH].[HH].[HH].[HH].[HH].[HH].[HH].[HH].[HH].[HH].[HH].[HH].[HH].[HH].[HH].[HH].[HH].[HH].[HH].[HH].[HH].[HH].[HH].[HH].[HH].[HH].[HH].[HH].[HH].[HH].[HH].[HH].[HH].[HH].[HH].[HH].[HH].[HH].[HH].[HH].[HH].[HH].[HH].[HH].[HH].[HH].[HH].[HH].[HH].[HH].[HH].[HH].[HH].[HH].[HH].[HH].[HH].[HH].[HH].[HH].[HH].[HH].[HH].[HH].[HH].[HH].[HH].[HH].[HH].[HH].[HH].[HH].[HH].[HH].[HH].[HH].[HH].[HH].[HH].[HH].[HH].[HH].[HH].[HH].[HH].[HH].[HH].[HH].[HH].[HH].[HH].[HH].[HH].[HH].[HH].[HH].[HH].[HH].[HH].[HH].[HH].[HH].[HH].[HH].[HH].[HH].[HH].[HH].[HH].[HH].[HH].[HH].[HH].[HH].[HH].[HH].[HH].[HH].[HH].[HH].[HH].[HH].[HH].[HH].[HH].[HH].[HH].[HH].[HH].[HH].[HH].[HH].[HH].[HH].[HH].[HH].[HH].[HH].[HH].[HH].[HH].[HH].[HH].[HH].[HH].[HH].[HH].[HH].[HH].[HH].[HH].[HH].[HH].[HH].[HH].[HH].[HH].[HH].[HH].[HH].[HH].[HH].[HH].[HH].[HH].[HH].[HH].[HH].[HH].[HH].[HH].[HH].[HH].[HH].[HH].[HH].[HH].[HH].[HH].[HH].[HH].[HH].[HH].[HH].[HH].[HH].[HH].[HH].[HH].[HH].[HH].[HH].[HH].[HH].[HH].[HH].[HH].[HH].[HH].[HH].[HH].[HH].[HH].[HH].[HH].[HH].[HH].[HH].[HH].[HH].[HH].[HH].[HH].[HH].[HH].[HH].[HH].[HH].[HH].[HH].[HH].[HH].[HH]. The van der Waals surface area contributed by atoms with E-state index in [1.807, 2.05) is 27.7 Å². The van der Waals surface area contributed by atoms with Crippen LogP contribution in [0.1, 0.15) is 580 Å². The lowest BCUT2D eigenvalue weighted by Crippen LogP contribution is -2.56. The summed E-state index contributed by atoms with van der Waals surface area (Å²) in [6.07, 6.45) is 5.13. The molecule has 0 spiro atoms. The van der Waals surface area contributed by atoms with E-state index in [9.17, 15) is 19.8 Å². The Morgan fingerprint density at radius 1 is 1.11 bits per heavy atom. The fraction of sp³-hybridized carbons (Fsp3) is 0.816. The van der Waals surface area contributed by atoms with Crippen LogP contribution in [0.4, 0.5) is 0 Å². The van der Waals surface area contributed by atoms with Gasteiger partial charge in [0, 0.05) is 459 Å². The lowest BCUT2D eigenvalue weighted by molar-refractivity contribution is -0.156. The molecule has 3 rings (SSSR count). The Balaban J connectivity index is -0.000000000251. The molecule has 1 aromatic heterocycles. The molecule has 8 heteroatoms. The third kappa shape index (κ3) is 7.50. The Morgan fingerprint density at radius 3 is 2.26 bits per heavy atom. The smallest absolute Gasteiger partial charge is 0.225 e. The Kier molecular flexibility index (Phi) is 12.9. The zero-order chi connectivity index (χ0) is 34.8. The van der Waals surface area contributed by atoms with Gasteiger partial charge in [0.15, 0.2) is 0 Å². The molecule has 872 valence electrons. The number of aromatic nitrogens is 1. The number of hydrogen-bond donors (Lipinski definition) is 3. The largest absolute Gasteiger partial charge is 0.392 e. The van der Waals surface area contributed by atoms with Crippen LogP contribution in [-0.4, -0.2) is 56.3 Å². The minimum Gasteiger partial charge on any atom is -0.392 e. The summed E-state index contributed by atoms with van der Waals surface area (Å²) in [7, 11) is 0. The number of nitrogens with one attached hydrogen (secondary N) is 1. The van der Waals surface area contributed by atoms with Gasteiger partial charge in [-0.25, -0.2) is 4.98 Å². The lowest BCUT2D eigenvalue weighted by atomic mass is 9.60. The molecule has 2 saturated heterocycles. The second-order valence-electron chi connectivity index (χ2n) is 15.5. The minimum absolute atomic E-state index is 0. The maximum Gasteiger partial charge on any atom is 0.225 e. The van der Waals surface area contributed by atoms with Crippen LogP contribution in [0.3, 0.4) is 0 Å². The van der Waals surface area contributed by atoms with Crippen LogP contribution < -0.4 is 5.32 Å². The monoisotopic (exact) mass is 1280 g/mol. The first-order chi connectivity index (χ1) is 21.4. The van der Waals surface area contributed by atoms with Crippen LogP contribution in [0.25, 0.3) is 6.08 Å². The number of epoxide rings is 1. The van der Waals surface area contributed by atoms with Crippen molar-refractivity contribution in [3.05, 3.63) is 21.7 Å². The number of hydrogen-bond acceptors (Lipinski definition) is 7. The van der Waals surface area contributed by atoms with Gasteiger partial charge in [0.1, 0.15) is 5.78 Å². The van der Waals surface area contributed by atoms with Crippen LogP contribution in [0.15, 0.2) is 11.0 Å². The molecule has 7 nitrogen and oxygen atoms in total. The van der Waals surface area contributed by atoms with Crippen molar-refractivity contribution in [2.24, 2.45) is 35.0 Å². The highest BCUT2D eigenvalue weighted by Gasteiger charge is 2.65. The van der Waals surface area contributed by atoms with Crippen molar-refractivity contribution in [2.45, 2.75) is 163 Å². The molecule has 2 aliphatic heterocycles. The molecule has 2 aliphatic rings. The van der Waals surface area contributed by atoms with E-state index in [1.54, 1.807) is 18.3 Å². The van der Waals surface area contributed by atoms with Gasteiger partial charge in [-0.2, -0.15) is 0 Å². The van der Waals surface area contributed by atoms with E-state index in [-0.39, 0.29) is 476 Å². The molecular weight excluding hydrogens is 596 g/mol. The summed E-state index contributed by atoms with van der Waals surface area (Å²) in [6, 6.07) is -0.322. The van der Waals surface area contributed by atoms with Crippen LogP contribution in [0, 0.1) is 35.0 Å². The molecule has 0 bridgehead atoms. The van der Waals surface area contributed by atoms with E-state index in [4.69, 9.17) is 9.72 Å². The van der Waals surface area contributed by atoms with E-state index in [2.05, 4.69) is 65.2 Å². The number of ether oxygens (including phenoxy) is 1. The normalized spacial score (nSPS) is 37.1. The third-order valence-electron chi connectivity index (χ3n) is 11.9. The molecule has 0 aromatic carbocycles. The molecule has 46 heavy (non-hydrogen) atoms. The maximum atomic E-state index is 14.5. The second-order valence-corrected chi connectivity index (χ2v) is 16.4. The number of carbonyl (C=O) groups excluding carboxylic acids is 2. The molecule has 3 heterocycles. The van der Waals surface area contributed by atoms with Crippen molar-refractivity contribution in [3.63, 3.8) is 0 Å². The number of Topliss-reactive ketones (excluding diaryl/α,β-unsaturated/α-hetero) is 1. The molecule has 2 unspecified atom stereocenters. The number of aliphatic hydroxyl groups excluding tert-OH is 2. The fourth-order valence-corrected chi connectivity index (χ4v) is 9.23. The average molecular weight is 1280 g/mol. The summed E-state index contributed by atoms with van der Waals surface area (Å²) in [5.41, 5.74) is 0.0398. The van der Waals surface area contributed by atoms with Crippen LogP contribution in [0.5, 0.6) is 0 Å².